The number of amides is 1. The zero-order valence-corrected chi connectivity index (χ0v) is 14.9. The molecule has 2 heterocycles. The molecule has 1 fully saturated rings. The number of nitrogens with zero attached hydrogens (tertiary/aromatic N) is 2. The van der Waals surface area contributed by atoms with E-state index in [2.05, 4.69) is 15.4 Å². The summed E-state index contributed by atoms with van der Waals surface area (Å²) < 4.78 is 10.8. The molecule has 1 aromatic heterocycles. The van der Waals surface area contributed by atoms with Crippen molar-refractivity contribution >= 4 is 29.8 Å². The Hall–Kier alpha value is -2.41. The average molecular weight is 359 g/mol. The Morgan fingerprint density at radius 3 is 2.76 bits per heavy atom. The molecular formula is C18H21N3O3S. The summed E-state index contributed by atoms with van der Waals surface area (Å²) in [4.78, 5) is 15.0. The molecule has 0 spiro atoms. The highest BCUT2D eigenvalue weighted by atomic mass is 32.2. The molecule has 132 valence electrons. The van der Waals surface area contributed by atoms with Gasteiger partial charge in [-0.05, 0) is 43.2 Å². The van der Waals surface area contributed by atoms with E-state index in [0.29, 0.717) is 11.5 Å². The van der Waals surface area contributed by atoms with Gasteiger partial charge in [0.2, 0.25) is 5.91 Å². The molecule has 0 unspecified atom stereocenters. The number of ether oxygens (including phenoxy) is 1. The highest BCUT2D eigenvalue weighted by molar-refractivity contribution is 8.00. The Kier molecular flexibility index (Phi) is 6.00. The molecule has 25 heavy (non-hydrogen) atoms. The summed E-state index contributed by atoms with van der Waals surface area (Å²) in [5.74, 6) is 2.42. The number of thioether (sulfide) groups is 1. The van der Waals surface area contributed by atoms with Crippen molar-refractivity contribution in [2.75, 3.05) is 30.9 Å². The largest absolute Gasteiger partial charge is 0.497 e. The number of hydrogen-bond acceptors (Lipinski definition) is 6. The van der Waals surface area contributed by atoms with Crippen molar-refractivity contribution in [2.24, 2.45) is 5.10 Å². The van der Waals surface area contributed by atoms with Crippen LogP contribution in [0.3, 0.4) is 0 Å². The molecule has 0 radical (unpaired) electrons. The Labute approximate surface area is 151 Å². The third-order valence-corrected chi connectivity index (χ3v) is 4.85. The van der Waals surface area contributed by atoms with Crippen LogP contribution in [0.5, 0.6) is 5.75 Å². The van der Waals surface area contributed by atoms with Gasteiger partial charge in [-0.25, -0.2) is 5.43 Å². The van der Waals surface area contributed by atoms with Crippen LogP contribution in [-0.2, 0) is 4.79 Å². The Morgan fingerprint density at radius 1 is 1.28 bits per heavy atom. The number of rotatable bonds is 7. The minimum atomic E-state index is -0.164. The van der Waals surface area contributed by atoms with E-state index >= 15 is 0 Å². The molecule has 0 bridgehead atoms. The van der Waals surface area contributed by atoms with Crippen molar-refractivity contribution < 1.29 is 13.9 Å². The zero-order chi connectivity index (χ0) is 17.5. The van der Waals surface area contributed by atoms with Gasteiger partial charge in [0.15, 0.2) is 5.88 Å². The molecule has 3 rings (SSSR count). The second-order valence-corrected chi connectivity index (χ2v) is 6.68. The van der Waals surface area contributed by atoms with Crippen molar-refractivity contribution in [3.63, 3.8) is 0 Å². The lowest BCUT2D eigenvalue weighted by Gasteiger charge is -2.12. The first kappa shape index (κ1) is 17.4. The number of hydrazone groups is 1. The number of benzene rings is 1. The Bertz CT molecular complexity index is 721. The predicted molar refractivity (Wildman–Crippen MR) is 99.6 cm³/mol. The van der Waals surface area contributed by atoms with Crippen LogP contribution >= 0.6 is 11.8 Å². The molecule has 1 aliphatic rings. The van der Waals surface area contributed by atoms with E-state index in [0.717, 1.165) is 29.6 Å². The van der Waals surface area contributed by atoms with Gasteiger partial charge in [-0.3, -0.25) is 4.79 Å². The Balaban J connectivity index is 1.42. The molecule has 2 aromatic rings. The summed E-state index contributed by atoms with van der Waals surface area (Å²) in [5.41, 5.74) is 2.51. The number of hydrogen-bond donors (Lipinski definition) is 1. The van der Waals surface area contributed by atoms with E-state index < -0.39 is 0 Å². The van der Waals surface area contributed by atoms with E-state index in [1.165, 1.54) is 30.8 Å². The molecule has 0 atom stereocenters. The van der Waals surface area contributed by atoms with E-state index in [9.17, 15) is 4.79 Å². The fourth-order valence-corrected chi connectivity index (χ4v) is 3.23. The van der Waals surface area contributed by atoms with Gasteiger partial charge in [0, 0.05) is 24.1 Å². The molecule has 1 saturated heterocycles. The average Bonchev–Trinajstić information content (AvgIpc) is 3.32. The maximum Gasteiger partial charge on any atom is 0.250 e. The summed E-state index contributed by atoms with van der Waals surface area (Å²) in [6.07, 6.45) is 3.92. The molecule has 1 amide bonds. The Morgan fingerprint density at radius 2 is 2.04 bits per heavy atom. The molecule has 0 saturated carbocycles. The van der Waals surface area contributed by atoms with Crippen LogP contribution in [0.1, 0.15) is 18.6 Å². The number of nitrogens with one attached hydrogen (secondary N) is 1. The van der Waals surface area contributed by atoms with E-state index in [-0.39, 0.29) is 5.91 Å². The first-order valence-corrected chi connectivity index (χ1v) is 9.17. The molecule has 6 nitrogen and oxygen atoms in total. The highest BCUT2D eigenvalue weighted by Gasteiger charge is 2.15. The van der Waals surface area contributed by atoms with Crippen LogP contribution in [0, 0.1) is 0 Å². The maximum absolute atomic E-state index is 11.8. The van der Waals surface area contributed by atoms with Crippen molar-refractivity contribution in [1.82, 2.24) is 5.43 Å². The second kappa shape index (κ2) is 8.62. The smallest absolute Gasteiger partial charge is 0.250 e. The molecule has 1 N–H and O–H groups in total. The van der Waals surface area contributed by atoms with Gasteiger partial charge < -0.3 is 14.1 Å². The first-order valence-electron chi connectivity index (χ1n) is 8.18. The van der Waals surface area contributed by atoms with E-state index in [1.807, 2.05) is 36.4 Å². The van der Waals surface area contributed by atoms with Gasteiger partial charge in [0.25, 0.3) is 0 Å². The molecule has 7 heteroatoms. The predicted octanol–water partition coefficient (Wildman–Crippen LogP) is 3.13. The van der Waals surface area contributed by atoms with Gasteiger partial charge >= 0.3 is 0 Å². The van der Waals surface area contributed by atoms with Crippen LogP contribution in [0.4, 0.5) is 5.88 Å². The van der Waals surface area contributed by atoms with Crippen molar-refractivity contribution in [1.29, 1.82) is 0 Å². The van der Waals surface area contributed by atoms with Gasteiger partial charge in [-0.1, -0.05) is 0 Å². The van der Waals surface area contributed by atoms with E-state index in [1.54, 1.807) is 7.11 Å². The van der Waals surface area contributed by atoms with Gasteiger partial charge in [0.05, 0.1) is 19.1 Å². The highest BCUT2D eigenvalue weighted by Crippen LogP contribution is 2.22. The lowest BCUT2D eigenvalue weighted by molar-refractivity contribution is -0.118. The minimum Gasteiger partial charge on any atom is -0.497 e. The summed E-state index contributed by atoms with van der Waals surface area (Å²) in [7, 11) is 1.63. The fraction of sp³-hybridized carbons (Fsp3) is 0.333. The van der Waals surface area contributed by atoms with Crippen molar-refractivity contribution in [2.45, 2.75) is 17.7 Å². The fourth-order valence-electron chi connectivity index (χ4n) is 2.54. The maximum atomic E-state index is 11.8. The topological polar surface area (TPSA) is 67.1 Å². The quantitative estimate of drug-likeness (QED) is 0.467. The molecular weight excluding hydrogens is 338 g/mol. The zero-order valence-electron chi connectivity index (χ0n) is 14.1. The standard InChI is InChI=1S/C18H21N3O3S/c1-23-14-4-7-16(8-5-14)25-13-17(22)20-19-12-15-6-9-18(24-15)21-10-2-3-11-21/h4-9,12H,2-3,10-11,13H2,1H3,(H,20,22)/b19-12+. The first-order chi connectivity index (χ1) is 12.2. The number of anilines is 1. The molecule has 1 aliphatic heterocycles. The molecule has 0 aliphatic carbocycles. The SMILES string of the molecule is COc1ccc(SCC(=O)N/N=C/c2ccc(N3CCCC3)o2)cc1. The van der Waals surface area contributed by atoms with Crippen LogP contribution in [-0.4, -0.2) is 38.1 Å². The van der Waals surface area contributed by atoms with Gasteiger partial charge in [-0.15, -0.1) is 11.8 Å². The second-order valence-electron chi connectivity index (χ2n) is 5.63. The molecule has 1 aromatic carbocycles. The number of carbonyl (C=O) groups excluding carboxylic acids is 1. The van der Waals surface area contributed by atoms with Crippen molar-refractivity contribution in [3.8, 4) is 5.75 Å². The lowest BCUT2D eigenvalue weighted by atomic mass is 10.3. The third kappa shape index (κ3) is 5.03. The van der Waals surface area contributed by atoms with Gasteiger partial charge in [0.1, 0.15) is 11.5 Å². The van der Waals surface area contributed by atoms with Crippen LogP contribution in [0.25, 0.3) is 0 Å². The lowest BCUT2D eigenvalue weighted by Crippen LogP contribution is -2.19. The summed E-state index contributed by atoms with van der Waals surface area (Å²) in [6, 6.07) is 11.4. The number of carbonyl (C=O) groups is 1. The third-order valence-electron chi connectivity index (χ3n) is 3.84. The van der Waals surface area contributed by atoms with Crippen LogP contribution < -0.4 is 15.1 Å². The van der Waals surface area contributed by atoms with Crippen LogP contribution in [0.15, 0.2) is 50.8 Å². The summed E-state index contributed by atoms with van der Waals surface area (Å²) >= 11 is 1.44. The van der Waals surface area contributed by atoms with Gasteiger partial charge in [-0.2, -0.15) is 5.10 Å². The van der Waals surface area contributed by atoms with Crippen LogP contribution in [0.2, 0.25) is 0 Å². The number of methoxy groups -OCH3 is 1. The summed E-state index contributed by atoms with van der Waals surface area (Å²) in [5, 5.41) is 3.95. The van der Waals surface area contributed by atoms with Crippen molar-refractivity contribution in [3.05, 3.63) is 42.2 Å². The monoisotopic (exact) mass is 359 g/mol. The summed E-state index contributed by atoms with van der Waals surface area (Å²) in [6.45, 7) is 2.06. The normalized spacial score (nSPS) is 14.2. The van der Waals surface area contributed by atoms with E-state index in [4.69, 9.17) is 9.15 Å². The number of furan rings is 1. The minimum absolute atomic E-state index is 0.164.